The molecule has 0 spiro atoms. The van der Waals surface area contributed by atoms with Gasteiger partial charge < -0.3 is 18.8 Å². The van der Waals surface area contributed by atoms with E-state index in [1.807, 2.05) is 48.7 Å². The van der Waals surface area contributed by atoms with Gasteiger partial charge in [0, 0.05) is 41.3 Å². The van der Waals surface area contributed by atoms with Gasteiger partial charge in [0.15, 0.2) is 16.6 Å². The van der Waals surface area contributed by atoms with Crippen molar-refractivity contribution in [3.05, 3.63) is 89.6 Å². The van der Waals surface area contributed by atoms with E-state index < -0.39 is 11.8 Å². The fourth-order valence-electron chi connectivity index (χ4n) is 4.54. The molecule has 0 saturated carbocycles. The van der Waals surface area contributed by atoms with Crippen LogP contribution in [-0.2, 0) is 16.1 Å². The Morgan fingerprint density at radius 2 is 1.55 bits per heavy atom. The van der Waals surface area contributed by atoms with E-state index in [4.69, 9.17) is 26.4 Å². The molecule has 38 heavy (non-hydrogen) atoms. The molecular formula is C29H25N3O5S. The highest BCUT2D eigenvalue weighted by molar-refractivity contribution is 7.80. The van der Waals surface area contributed by atoms with Crippen molar-refractivity contribution in [3.63, 3.8) is 0 Å². The van der Waals surface area contributed by atoms with E-state index >= 15 is 0 Å². The van der Waals surface area contributed by atoms with Crippen molar-refractivity contribution in [2.24, 2.45) is 0 Å². The average Bonchev–Trinajstić information content (AvgIpc) is 3.27. The molecule has 1 aliphatic rings. The second-order valence-electron chi connectivity index (χ2n) is 8.56. The van der Waals surface area contributed by atoms with Crippen molar-refractivity contribution in [1.82, 2.24) is 9.88 Å². The lowest BCUT2D eigenvalue weighted by Gasteiger charge is -2.29. The fraction of sp³-hybridized carbons (Fsp3) is 0.138. The van der Waals surface area contributed by atoms with Crippen LogP contribution in [0.4, 0.5) is 5.69 Å². The number of anilines is 1. The third-order valence-corrected chi connectivity index (χ3v) is 6.61. The predicted octanol–water partition coefficient (Wildman–Crippen LogP) is 4.55. The first-order chi connectivity index (χ1) is 18.4. The van der Waals surface area contributed by atoms with Crippen LogP contribution in [0.15, 0.2) is 78.5 Å². The monoisotopic (exact) mass is 527 g/mol. The molecule has 0 radical (unpaired) electrons. The highest BCUT2D eigenvalue weighted by Crippen LogP contribution is 2.41. The van der Waals surface area contributed by atoms with Crippen molar-refractivity contribution in [1.29, 1.82) is 0 Å². The Hall–Kier alpha value is -4.63. The second kappa shape index (κ2) is 10.4. The molecule has 5 rings (SSSR count). The Balaban J connectivity index is 1.58. The first kappa shape index (κ1) is 25.0. The zero-order valence-electron chi connectivity index (χ0n) is 21.1. The quantitative estimate of drug-likeness (QED) is 0.216. The zero-order chi connectivity index (χ0) is 26.8. The molecule has 0 aliphatic carbocycles. The molecule has 9 heteroatoms. The SMILES string of the molecule is COc1cc(N2C(=O)C(=Cc3cn(Cc4ccccc4)c4ccccc34)C(=O)NC2=S)cc(OC)c1OC. The van der Waals surface area contributed by atoms with Gasteiger partial charge in [-0.05, 0) is 29.9 Å². The third kappa shape index (κ3) is 4.48. The second-order valence-corrected chi connectivity index (χ2v) is 8.94. The molecule has 1 N–H and O–H groups in total. The highest BCUT2D eigenvalue weighted by Gasteiger charge is 2.35. The lowest BCUT2D eigenvalue weighted by atomic mass is 10.1. The van der Waals surface area contributed by atoms with Gasteiger partial charge in [-0.2, -0.15) is 0 Å². The number of thiocarbonyl (C=S) groups is 1. The van der Waals surface area contributed by atoms with Crippen LogP contribution < -0.4 is 24.4 Å². The predicted molar refractivity (Wildman–Crippen MR) is 150 cm³/mol. The molecule has 0 unspecified atom stereocenters. The van der Waals surface area contributed by atoms with E-state index in [2.05, 4.69) is 22.0 Å². The van der Waals surface area contributed by atoms with Crippen LogP contribution in [0.3, 0.4) is 0 Å². The summed E-state index contributed by atoms with van der Waals surface area (Å²) in [7, 11) is 4.46. The lowest BCUT2D eigenvalue weighted by Crippen LogP contribution is -2.54. The standard InChI is InChI=1S/C29H25N3O5S/c1-35-24-14-20(15-25(36-2)26(24)37-3)32-28(34)22(27(33)30-29(32)38)13-19-17-31(16-18-9-5-4-6-10-18)23-12-8-7-11-21(19)23/h4-15,17H,16H2,1-3H3,(H,30,33,38). The molecule has 2 amide bonds. The summed E-state index contributed by atoms with van der Waals surface area (Å²) >= 11 is 5.38. The molecule has 3 aromatic carbocycles. The molecule has 1 aromatic heterocycles. The van der Waals surface area contributed by atoms with Crippen LogP contribution >= 0.6 is 12.2 Å². The molecule has 0 atom stereocenters. The number of nitrogens with one attached hydrogen (secondary N) is 1. The minimum Gasteiger partial charge on any atom is -0.493 e. The van der Waals surface area contributed by atoms with Gasteiger partial charge in [-0.3, -0.25) is 19.8 Å². The number of hydrogen-bond donors (Lipinski definition) is 1. The number of hydrogen-bond acceptors (Lipinski definition) is 6. The van der Waals surface area contributed by atoms with Crippen molar-refractivity contribution in [2.75, 3.05) is 26.2 Å². The molecule has 2 heterocycles. The molecule has 192 valence electrons. The van der Waals surface area contributed by atoms with Crippen LogP contribution in [0, 0.1) is 0 Å². The first-order valence-electron chi connectivity index (χ1n) is 11.8. The van der Waals surface area contributed by atoms with E-state index in [0.717, 1.165) is 22.0 Å². The van der Waals surface area contributed by atoms with Crippen molar-refractivity contribution < 1.29 is 23.8 Å². The Morgan fingerprint density at radius 3 is 2.21 bits per heavy atom. The van der Waals surface area contributed by atoms with Gasteiger partial charge in [0.05, 0.1) is 27.0 Å². The van der Waals surface area contributed by atoms with Gasteiger partial charge in [0.1, 0.15) is 5.57 Å². The van der Waals surface area contributed by atoms with Gasteiger partial charge in [-0.1, -0.05) is 48.5 Å². The number of rotatable bonds is 7. The van der Waals surface area contributed by atoms with Gasteiger partial charge >= 0.3 is 0 Å². The van der Waals surface area contributed by atoms with Crippen molar-refractivity contribution >= 4 is 51.8 Å². The summed E-state index contributed by atoms with van der Waals surface area (Å²) < 4.78 is 18.4. The van der Waals surface area contributed by atoms with Gasteiger partial charge in [0.25, 0.3) is 11.8 Å². The summed E-state index contributed by atoms with van der Waals surface area (Å²) in [4.78, 5) is 28.0. The van der Waals surface area contributed by atoms with Crippen molar-refractivity contribution in [3.8, 4) is 17.2 Å². The lowest BCUT2D eigenvalue weighted by molar-refractivity contribution is -0.122. The van der Waals surface area contributed by atoms with Crippen LogP contribution in [0.2, 0.25) is 0 Å². The molecule has 4 aromatic rings. The summed E-state index contributed by atoms with van der Waals surface area (Å²) in [6.45, 7) is 0.645. The summed E-state index contributed by atoms with van der Waals surface area (Å²) in [5.41, 5.74) is 3.19. The van der Waals surface area contributed by atoms with E-state index in [0.29, 0.717) is 29.5 Å². The molecule has 0 bridgehead atoms. The maximum atomic E-state index is 13.7. The van der Waals surface area contributed by atoms with Gasteiger partial charge in [0.2, 0.25) is 5.75 Å². The molecule has 1 aliphatic heterocycles. The minimum absolute atomic E-state index is 0.0436. The van der Waals surface area contributed by atoms with Crippen LogP contribution in [-0.4, -0.2) is 42.8 Å². The Bertz CT molecular complexity index is 1570. The number of carbonyl (C=O) groups is 2. The smallest absolute Gasteiger partial charge is 0.270 e. The minimum atomic E-state index is -0.566. The summed E-state index contributed by atoms with van der Waals surface area (Å²) in [6.07, 6.45) is 3.55. The number of para-hydroxylation sites is 1. The normalized spacial score (nSPS) is 14.7. The first-order valence-corrected chi connectivity index (χ1v) is 12.2. The molecule has 1 fully saturated rings. The number of methoxy groups -OCH3 is 3. The van der Waals surface area contributed by atoms with Gasteiger partial charge in [-0.15, -0.1) is 0 Å². The molecule has 8 nitrogen and oxygen atoms in total. The number of fused-ring (bicyclic) bond motifs is 1. The van der Waals surface area contributed by atoms with E-state index in [9.17, 15) is 9.59 Å². The van der Waals surface area contributed by atoms with Crippen LogP contribution in [0.25, 0.3) is 17.0 Å². The Morgan fingerprint density at radius 1 is 0.895 bits per heavy atom. The fourth-order valence-corrected chi connectivity index (χ4v) is 4.83. The zero-order valence-corrected chi connectivity index (χ0v) is 21.9. The highest BCUT2D eigenvalue weighted by atomic mass is 32.1. The summed E-state index contributed by atoms with van der Waals surface area (Å²) in [5, 5.41) is 3.51. The summed E-state index contributed by atoms with van der Waals surface area (Å²) in [6, 6.07) is 21.2. The maximum absolute atomic E-state index is 13.7. The number of aromatic nitrogens is 1. The number of benzene rings is 3. The number of nitrogens with zero attached hydrogens (tertiary/aromatic N) is 2. The Labute approximate surface area is 225 Å². The topological polar surface area (TPSA) is 82.0 Å². The van der Waals surface area contributed by atoms with Crippen LogP contribution in [0.1, 0.15) is 11.1 Å². The maximum Gasteiger partial charge on any atom is 0.270 e. The molecule has 1 saturated heterocycles. The molecular weight excluding hydrogens is 502 g/mol. The van der Waals surface area contributed by atoms with Gasteiger partial charge in [-0.25, -0.2) is 0 Å². The summed E-state index contributed by atoms with van der Waals surface area (Å²) in [5.74, 6) is -0.0515. The Kier molecular flexibility index (Phi) is 6.85. The van der Waals surface area contributed by atoms with E-state index in [1.165, 1.54) is 26.2 Å². The number of ether oxygens (including phenoxy) is 3. The van der Waals surface area contributed by atoms with Crippen LogP contribution in [0.5, 0.6) is 17.2 Å². The van der Waals surface area contributed by atoms with E-state index in [-0.39, 0.29) is 10.7 Å². The number of amides is 2. The largest absolute Gasteiger partial charge is 0.493 e. The number of carbonyl (C=O) groups excluding carboxylic acids is 2. The van der Waals surface area contributed by atoms with Crippen molar-refractivity contribution in [2.45, 2.75) is 6.54 Å². The van der Waals surface area contributed by atoms with E-state index in [1.54, 1.807) is 18.2 Å². The third-order valence-electron chi connectivity index (χ3n) is 6.32. The average molecular weight is 528 g/mol.